The van der Waals surface area contributed by atoms with Crippen LogP contribution in [0.2, 0.25) is 5.02 Å². The molecule has 3 aromatic rings. The van der Waals surface area contributed by atoms with Crippen LogP contribution in [-0.4, -0.2) is 56.4 Å². The third-order valence-electron chi connectivity index (χ3n) is 4.48. The van der Waals surface area contributed by atoms with Gasteiger partial charge in [-0.05, 0) is 24.3 Å². The van der Waals surface area contributed by atoms with Crippen LogP contribution in [0.25, 0.3) is 16.9 Å². The van der Waals surface area contributed by atoms with Gasteiger partial charge in [0.2, 0.25) is 0 Å². The van der Waals surface area contributed by atoms with Crippen molar-refractivity contribution in [2.24, 2.45) is 0 Å². The van der Waals surface area contributed by atoms with E-state index in [4.69, 9.17) is 16.3 Å². The minimum Gasteiger partial charge on any atom is -0.388 e. The number of carbonyl (C=O) groups is 1. The minimum atomic E-state index is -0.830. The zero-order valence-electron chi connectivity index (χ0n) is 15.0. The maximum Gasteiger partial charge on any atom is 0.284 e. The van der Waals surface area contributed by atoms with E-state index in [1.165, 1.54) is 18.5 Å². The number of aliphatic hydroxyl groups excluding tert-OH is 1. The molecule has 0 aliphatic carbocycles. The van der Waals surface area contributed by atoms with Crippen molar-refractivity contribution in [1.82, 2.24) is 25.3 Å². The Labute approximate surface area is 169 Å². The zero-order valence-corrected chi connectivity index (χ0v) is 15.8. The van der Waals surface area contributed by atoms with Gasteiger partial charge in [-0.1, -0.05) is 23.7 Å². The maximum atomic E-state index is 13.0. The molecule has 0 saturated carbocycles. The van der Waals surface area contributed by atoms with E-state index in [0.717, 1.165) is 4.68 Å². The van der Waals surface area contributed by atoms with E-state index in [9.17, 15) is 14.7 Å². The number of nitrogens with zero attached hydrogens (tertiary/aromatic N) is 4. The normalized spacial score (nSPS) is 18.6. The van der Waals surface area contributed by atoms with Gasteiger partial charge < -0.3 is 15.2 Å². The lowest BCUT2D eigenvalue weighted by Gasteiger charge is -2.15. The van der Waals surface area contributed by atoms with Gasteiger partial charge in [0.1, 0.15) is 5.56 Å². The standard InChI is InChI=1S/C19H16ClN5O4/c20-12-3-1-11(2-4-12)15-7-14(18(27)23-16-9-29-10-17(16)26)19(28)25(24-15)13-5-6-21-22-8-13/h1-8,16-17,26H,9-10H2,(H,23,27)/t16-,17+/m1/s1. The third-order valence-corrected chi connectivity index (χ3v) is 4.73. The lowest BCUT2D eigenvalue weighted by atomic mass is 10.1. The lowest BCUT2D eigenvalue weighted by molar-refractivity contribution is 0.0884. The molecule has 2 N–H and O–H groups in total. The fraction of sp³-hybridized carbons (Fsp3) is 0.211. The lowest BCUT2D eigenvalue weighted by Crippen LogP contribution is -2.44. The second-order valence-electron chi connectivity index (χ2n) is 6.45. The number of ether oxygens (including phenoxy) is 1. The molecule has 1 saturated heterocycles. The summed E-state index contributed by atoms with van der Waals surface area (Å²) in [5.41, 5.74) is 0.677. The zero-order chi connectivity index (χ0) is 20.4. The van der Waals surface area contributed by atoms with Crippen LogP contribution in [0.1, 0.15) is 10.4 Å². The molecule has 0 unspecified atom stereocenters. The average molecular weight is 414 g/mol. The Bertz CT molecular complexity index is 1090. The quantitative estimate of drug-likeness (QED) is 0.650. The van der Waals surface area contributed by atoms with Crippen LogP contribution < -0.4 is 10.9 Å². The maximum absolute atomic E-state index is 13.0. The Morgan fingerprint density at radius 3 is 2.66 bits per heavy atom. The Balaban J connectivity index is 1.81. The van der Waals surface area contributed by atoms with Crippen molar-refractivity contribution >= 4 is 17.5 Å². The minimum absolute atomic E-state index is 0.124. The van der Waals surface area contributed by atoms with Crippen LogP contribution in [0.3, 0.4) is 0 Å². The van der Waals surface area contributed by atoms with Gasteiger partial charge in [-0.2, -0.15) is 20.0 Å². The molecule has 4 rings (SSSR count). The molecule has 0 spiro atoms. The van der Waals surface area contributed by atoms with Crippen LogP contribution in [0.15, 0.2) is 53.6 Å². The number of benzene rings is 1. The first-order valence-corrected chi connectivity index (χ1v) is 9.15. The van der Waals surface area contributed by atoms with E-state index in [1.54, 1.807) is 30.3 Å². The summed E-state index contributed by atoms with van der Waals surface area (Å²) < 4.78 is 6.24. The summed E-state index contributed by atoms with van der Waals surface area (Å²) in [6, 6.07) is 9.23. The first-order chi connectivity index (χ1) is 14.0. The Hall–Kier alpha value is -3.14. The van der Waals surface area contributed by atoms with Gasteiger partial charge in [-0.25, -0.2) is 0 Å². The first-order valence-electron chi connectivity index (χ1n) is 8.77. The molecule has 1 aliphatic rings. The van der Waals surface area contributed by atoms with E-state index < -0.39 is 23.6 Å². The molecule has 148 valence electrons. The number of halogens is 1. The van der Waals surface area contributed by atoms with E-state index in [1.807, 2.05) is 0 Å². The van der Waals surface area contributed by atoms with Gasteiger partial charge in [0, 0.05) is 10.6 Å². The number of hydrogen-bond acceptors (Lipinski definition) is 7. The van der Waals surface area contributed by atoms with Gasteiger partial charge in [0.05, 0.1) is 49.1 Å². The Morgan fingerprint density at radius 2 is 2.00 bits per heavy atom. The van der Waals surface area contributed by atoms with E-state index in [-0.39, 0.29) is 18.8 Å². The summed E-state index contributed by atoms with van der Waals surface area (Å²) in [5, 5.41) is 24.9. The van der Waals surface area contributed by atoms with E-state index in [2.05, 4.69) is 20.6 Å². The van der Waals surface area contributed by atoms with Crippen LogP contribution in [0.4, 0.5) is 0 Å². The first kappa shape index (κ1) is 19.2. The van der Waals surface area contributed by atoms with Crippen molar-refractivity contribution in [2.45, 2.75) is 12.1 Å². The van der Waals surface area contributed by atoms with Gasteiger partial charge in [-0.15, -0.1) is 0 Å². The number of amides is 1. The van der Waals surface area contributed by atoms with Crippen LogP contribution >= 0.6 is 11.6 Å². The molecule has 2 aromatic heterocycles. The molecule has 1 aliphatic heterocycles. The smallest absolute Gasteiger partial charge is 0.284 e. The number of aliphatic hydroxyl groups is 1. The molecule has 3 heterocycles. The second kappa shape index (κ2) is 8.08. The molecule has 2 atom stereocenters. The van der Waals surface area contributed by atoms with Crippen LogP contribution in [0, 0.1) is 0 Å². The number of nitrogens with one attached hydrogen (secondary N) is 1. The van der Waals surface area contributed by atoms with Crippen LogP contribution in [-0.2, 0) is 4.74 Å². The molecule has 0 bridgehead atoms. The predicted molar refractivity (Wildman–Crippen MR) is 104 cm³/mol. The molecule has 10 heteroatoms. The van der Waals surface area contributed by atoms with E-state index in [0.29, 0.717) is 22.0 Å². The van der Waals surface area contributed by atoms with Crippen molar-refractivity contribution in [3.05, 3.63) is 69.7 Å². The summed E-state index contributed by atoms with van der Waals surface area (Å²) >= 11 is 5.95. The average Bonchev–Trinajstić information content (AvgIpc) is 3.14. The number of aromatic nitrogens is 4. The van der Waals surface area contributed by atoms with Gasteiger partial charge in [0.25, 0.3) is 11.5 Å². The van der Waals surface area contributed by atoms with Crippen molar-refractivity contribution in [2.75, 3.05) is 13.2 Å². The number of hydrogen-bond donors (Lipinski definition) is 2. The molecule has 29 heavy (non-hydrogen) atoms. The second-order valence-corrected chi connectivity index (χ2v) is 6.89. The summed E-state index contributed by atoms with van der Waals surface area (Å²) in [5.74, 6) is -0.627. The summed E-state index contributed by atoms with van der Waals surface area (Å²) in [6.07, 6.45) is 1.96. The number of rotatable bonds is 4. The van der Waals surface area contributed by atoms with Crippen molar-refractivity contribution in [3.63, 3.8) is 0 Å². The van der Waals surface area contributed by atoms with Crippen molar-refractivity contribution in [3.8, 4) is 16.9 Å². The fourth-order valence-corrected chi connectivity index (χ4v) is 3.06. The summed E-state index contributed by atoms with van der Waals surface area (Å²) in [6.45, 7) is 0.300. The van der Waals surface area contributed by atoms with Crippen molar-refractivity contribution in [1.29, 1.82) is 0 Å². The molecule has 1 amide bonds. The molecule has 1 fully saturated rings. The van der Waals surface area contributed by atoms with Gasteiger partial charge in [0.15, 0.2) is 0 Å². The summed E-state index contributed by atoms with van der Waals surface area (Å²) in [4.78, 5) is 25.8. The topological polar surface area (TPSA) is 119 Å². The molecule has 0 radical (unpaired) electrons. The SMILES string of the molecule is O=C(N[C@@H]1COC[C@@H]1O)c1cc(-c2ccc(Cl)cc2)nn(-c2ccnnc2)c1=O. The van der Waals surface area contributed by atoms with Gasteiger partial charge >= 0.3 is 0 Å². The molecule has 1 aromatic carbocycles. The Kier molecular flexibility index (Phi) is 5.34. The van der Waals surface area contributed by atoms with Gasteiger partial charge in [-0.3, -0.25) is 9.59 Å². The monoisotopic (exact) mass is 413 g/mol. The number of carbonyl (C=O) groups excluding carboxylic acids is 1. The Morgan fingerprint density at radius 1 is 1.21 bits per heavy atom. The highest BCUT2D eigenvalue weighted by Crippen LogP contribution is 2.20. The third kappa shape index (κ3) is 4.02. The highest BCUT2D eigenvalue weighted by atomic mass is 35.5. The molecule has 9 nitrogen and oxygen atoms in total. The molecular formula is C19H16ClN5O4. The van der Waals surface area contributed by atoms with Crippen LogP contribution in [0.5, 0.6) is 0 Å². The predicted octanol–water partition coefficient (Wildman–Crippen LogP) is 0.832. The molecular weight excluding hydrogens is 398 g/mol. The van der Waals surface area contributed by atoms with E-state index >= 15 is 0 Å². The van der Waals surface area contributed by atoms with Crippen molar-refractivity contribution < 1.29 is 14.6 Å². The summed E-state index contributed by atoms with van der Waals surface area (Å²) in [7, 11) is 0. The fourth-order valence-electron chi connectivity index (χ4n) is 2.93. The largest absolute Gasteiger partial charge is 0.388 e. The highest BCUT2D eigenvalue weighted by Gasteiger charge is 2.29. The highest BCUT2D eigenvalue weighted by molar-refractivity contribution is 6.30.